The minimum Gasteiger partial charge on any atom is -0.462 e. The third kappa shape index (κ3) is 2.78. The molecule has 138 valence electrons. The second kappa shape index (κ2) is 6.12. The van der Waals surface area contributed by atoms with Gasteiger partial charge in [0.1, 0.15) is 17.6 Å². The molecule has 0 unspecified atom stereocenters. The molecule has 1 N–H and O–H groups in total. The van der Waals surface area contributed by atoms with Gasteiger partial charge in [-0.1, -0.05) is 17.7 Å². The summed E-state index contributed by atoms with van der Waals surface area (Å²) in [7, 11) is 0. The molecule has 1 saturated heterocycles. The van der Waals surface area contributed by atoms with Gasteiger partial charge in [-0.15, -0.1) is 0 Å². The summed E-state index contributed by atoms with van der Waals surface area (Å²) in [5, 5.41) is 2.97. The van der Waals surface area contributed by atoms with Crippen molar-refractivity contribution in [3.8, 4) is 11.5 Å². The molecule has 3 aliphatic rings. The van der Waals surface area contributed by atoms with Crippen molar-refractivity contribution in [1.82, 2.24) is 0 Å². The smallest absolute Gasteiger partial charge is 0.310 e. The fourth-order valence-electron chi connectivity index (χ4n) is 4.94. The van der Waals surface area contributed by atoms with Crippen molar-refractivity contribution in [3.63, 3.8) is 0 Å². The molecule has 2 aromatic carbocycles. The summed E-state index contributed by atoms with van der Waals surface area (Å²) in [5.74, 6) is 1.21. The first-order valence-corrected chi connectivity index (χ1v) is 9.44. The molecule has 0 radical (unpaired) electrons. The number of esters is 1. The van der Waals surface area contributed by atoms with Gasteiger partial charge in [0.15, 0.2) is 0 Å². The first kappa shape index (κ1) is 16.4. The van der Waals surface area contributed by atoms with Crippen LogP contribution in [0.25, 0.3) is 0 Å². The molecule has 0 spiro atoms. The summed E-state index contributed by atoms with van der Waals surface area (Å²) in [5.41, 5.74) is 1.89. The molecule has 5 heteroatoms. The molecule has 1 amide bonds. The summed E-state index contributed by atoms with van der Waals surface area (Å²) >= 11 is 0. The van der Waals surface area contributed by atoms with Gasteiger partial charge in [0.2, 0.25) is 5.91 Å². The number of aryl methyl sites for hydroxylation is 1. The molecule has 0 aromatic heterocycles. The van der Waals surface area contributed by atoms with Crippen molar-refractivity contribution in [1.29, 1.82) is 0 Å². The van der Waals surface area contributed by atoms with E-state index in [0.717, 1.165) is 18.6 Å². The molecular weight excluding hydrogens is 342 g/mol. The molecule has 5 nitrogen and oxygen atoms in total. The van der Waals surface area contributed by atoms with E-state index >= 15 is 0 Å². The van der Waals surface area contributed by atoms with Crippen LogP contribution in [-0.2, 0) is 14.3 Å². The Kier molecular flexibility index (Phi) is 3.71. The topological polar surface area (TPSA) is 64.6 Å². The predicted octanol–water partition coefficient (Wildman–Crippen LogP) is 3.92. The number of hydrogen-bond acceptors (Lipinski definition) is 4. The largest absolute Gasteiger partial charge is 0.462 e. The Bertz CT molecular complexity index is 888. The number of amides is 1. The van der Waals surface area contributed by atoms with E-state index in [4.69, 9.17) is 9.47 Å². The van der Waals surface area contributed by atoms with Crippen molar-refractivity contribution in [2.45, 2.75) is 25.9 Å². The zero-order valence-corrected chi connectivity index (χ0v) is 15.1. The van der Waals surface area contributed by atoms with Crippen LogP contribution in [0.15, 0.2) is 48.5 Å². The second-order valence-electron chi connectivity index (χ2n) is 7.85. The predicted molar refractivity (Wildman–Crippen MR) is 99.4 cm³/mol. The molecule has 5 atom stereocenters. The van der Waals surface area contributed by atoms with Crippen molar-refractivity contribution in [2.75, 3.05) is 5.32 Å². The number of carbonyl (C=O) groups is 2. The SMILES string of the molecule is Cc1ccc(Oc2ccc(NC(=O)[C@H]3[C@H]4C[C@@H]5[C@@H]3C(=O)O[C@@H]5C4)cc2)cc1. The highest BCUT2D eigenvalue weighted by Crippen LogP contribution is 2.57. The standard InChI is InChI=1S/C22H21NO4/c1-12-2-6-15(7-3-12)26-16-8-4-14(5-9-16)23-21(24)19-13-10-17-18(11-13)27-22(25)20(17)19/h2-9,13,17-20H,10-11H2,1H3,(H,23,24)/t13-,17-,18+,19-,20-/m0/s1. The Morgan fingerprint density at radius 1 is 1.04 bits per heavy atom. The molecule has 1 aliphatic heterocycles. The number of ether oxygens (including phenoxy) is 2. The van der Waals surface area contributed by atoms with Crippen LogP contribution >= 0.6 is 0 Å². The van der Waals surface area contributed by atoms with Gasteiger partial charge in [-0.05, 0) is 62.1 Å². The fraction of sp³-hybridized carbons (Fsp3) is 0.364. The van der Waals surface area contributed by atoms with E-state index in [-0.39, 0.29) is 41.7 Å². The first-order chi connectivity index (χ1) is 13.1. The first-order valence-electron chi connectivity index (χ1n) is 9.44. The van der Waals surface area contributed by atoms with Gasteiger partial charge in [-0.25, -0.2) is 0 Å². The average Bonchev–Trinajstić information content (AvgIpc) is 3.27. The lowest BCUT2D eigenvalue weighted by Gasteiger charge is -2.23. The number of fused-ring (bicyclic) bond motifs is 1. The van der Waals surface area contributed by atoms with Crippen LogP contribution in [0.4, 0.5) is 5.69 Å². The van der Waals surface area contributed by atoms with Gasteiger partial charge in [0.25, 0.3) is 0 Å². The van der Waals surface area contributed by atoms with Crippen molar-refractivity contribution >= 4 is 17.6 Å². The van der Waals surface area contributed by atoms with Crippen LogP contribution in [0.5, 0.6) is 11.5 Å². The average molecular weight is 363 g/mol. The fourth-order valence-corrected chi connectivity index (χ4v) is 4.94. The van der Waals surface area contributed by atoms with E-state index in [1.54, 1.807) is 0 Å². The summed E-state index contributed by atoms with van der Waals surface area (Å²) < 4.78 is 11.2. The quantitative estimate of drug-likeness (QED) is 0.836. The number of carbonyl (C=O) groups excluding carboxylic acids is 2. The lowest BCUT2D eigenvalue weighted by atomic mass is 9.79. The number of rotatable bonds is 4. The Labute approximate surface area is 157 Å². The molecule has 2 saturated carbocycles. The van der Waals surface area contributed by atoms with Gasteiger partial charge in [-0.3, -0.25) is 9.59 Å². The van der Waals surface area contributed by atoms with Gasteiger partial charge in [0.05, 0.1) is 11.8 Å². The normalized spacial score (nSPS) is 30.3. The Morgan fingerprint density at radius 3 is 2.41 bits per heavy atom. The van der Waals surface area contributed by atoms with Crippen LogP contribution in [0.2, 0.25) is 0 Å². The summed E-state index contributed by atoms with van der Waals surface area (Å²) in [6.07, 6.45) is 1.81. The Balaban J connectivity index is 1.25. The maximum atomic E-state index is 12.8. The summed E-state index contributed by atoms with van der Waals surface area (Å²) in [6, 6.07) is 15.2. The van der Waals surface area contributed by atoms with E-state index in [9.17, 15) is 9.59 Å². The molecule has 5 rings (SSSR count). The minimum atomic E-state index is -0.260. The van der Waals surface area contributed by atoms with Crippen LogP contribution < -0.4 is 10.1 Å². The highest BCUT2D eigenvalue weighted by atomic mass is 16.6. The molecule has 2 aliphatic carbocycles. The van der Waals surface area contributed by atoms with Gasteiger partial charge < -0.3 is 14.8 Å². The number of nitrogens with one attached hydrogen (secondary N) is 1. The third-order valence-corrected chi connectivity index (χ3v) is 6.16. The van der Waals surface area contributed by atoms with E-state index in [1.165, 1.54) is 5.56 Å². The summed E-state index contributed by atoms with van der Waals surface area (Å²) in [6.45, 7) is 2.03. The van der Waals surface area contributed by atoms with Gasteiger partial charge in [-0.2, -0.15) is 0 Å². The highest BCUT2D eigenvalue weighted by molar-refractivity contribution is 5.97. The highest BCUT2D eigenvalue weighted by Gasteiger charge is 2.63. The van der Waals surface area contributed by atoms with Crippen LogP contribution in [0.3, 0.4) is 0 Å². The maximum Gasteiger partial charge on any atom is 0.310 e. The number of anilines is 1. The van der Waals surface area contributed by atoms with Crippen molar-refractivity contribution in [2.24, 2.45) is 23.7 Å². The van der Waals surface area contributed by atoms with E-state index in [0.29, 0.717) is 11.4 Å². The Morgan fingerprint density at radius 2 is 1.70 bits per heavy atom. The van der Waals surface area contributed by atoms with Gasteiger partial charge >= 0.3 is 5.97 Å². The molecule has 2 bridgehead atoms. The molecule has 3 fully saturated rings. The molecule has 2 aromatic rings. The van der Waals surface area contributed by atoms with E-state index in [2.05, 4.69) is 5.32 Å². The van der Waals surface area contributed by atoms with Crippen molar-refractivity contribution in [3.05, 3.63) is 54.1 Å². The van der Waals surface area contributed by atoms with E-state index in [1.807, 2.05) is 55.5 Å². The monoisotopic (exact) mass is 363 g/mol. The summed E-state index contributed by atoms with van der Waals surface area (Å²) in [4.78, 5) is 24.9. The van der Waals surface area contributed by atoms with Crippen LogP contribution in [0, 0.1) is 30.6 Å². The molecule has 27 heavy (non-hydrogen) atoms. The lowest BCUT2D eigenvalue weighted by molar-refractivity contribution is -0.145. The molecule has 1 heterocycles. The van der Waals surface area contributed by atoms with Crippen LogP contribution in [-0.4, -0.2) is 18.0 Å². The molecular formula is C22H21NO4. The third-order valence-electron chi connectivity index (χ3n) is 6.16. The van der Waals surface area contributed by atoms with Crippen molar-refractivity contribution < 1.29 is 19.1 Å². The zero-order chi connectivity index (χ0) is 18.5. The van der Waals surface area contributed by atoms with Gasteiger partial charge in [0, 0.05) is 11.6 Å². The second-order valence-corrected chi connectivity index (χ2v) is 7.85. The number of benzene rings is 2. The Hall–Kier alpha value is -2.82. The van der Waals surface area contributed by atoms with Crippen LogP contribution in [0.1, 0.15) is 18.4 Å². The lowest BCUT2D eigenvalue weighted by Crippen LogP contribution is -2.35. The number of hydrogen-bond donors (Lipinski definition) is 1. The van der Waals surface area contributed by atoms with E-state index < -0.39 is 0 Å². The zero-order valence-electron chi connectivity index (χ0n) is 15.1. The minimum absolute atomic E-state index is 0.0507. The maximum absolute atomic E-state index is 12.8.